The van der Waals surface area contributed by atoms with Gasteiger partial charge in [-0.3, -0.25) is 19.4 Å². The molecule has 158 valence electrons. The number of anilines is 2. The van der Waals surface area contributed by atoms with Crippen LogP contribution in [0.1, 0.15) is 18.5 Å². The van der Waals surface area contributed by atoms with Crippen LogP contribution in [0.4, 0.5) is 11.4 Å². The maximum atomic E-state index is 12.3. The highest BCUT2D eigenvalue weighted by atomic mass is 32.1. The van der Waals surface area contributed by atoms with Gasteiger partial charge >= 0.3 is 5.97 Å². The molecule has 1 aromatic carbocycles. The van der Waals surface area contributed by atoms with Crippen LogP contribution in [-0.2, 0) is 25.5 Å². The van der Waals surface area contributed by atoms with E-state index in [1.165, 1.54) is 11.3 Å². The van der Waals surface area contributed by atoms with Crippen LogP contribution in [0.15, 0.2) is 54.0 Å². The van der Waals surface area contributed by atoms with Gasteiger partial charge in [0.05, 0.1) is 29.2 Å². The average Bonchev–Trinajstić information content (AvgIpc) is 3.42. The van der Waals surface area contributed by atoms with Crippen LogP contribution in [0.25, 0.3) is 10.7 Å². The number of rotatable bonds is 7. The van der Waals surface area contributed by atoms with Crippen molar-refractivity contribution < 1.29 is 19.1 Å². The van der Waals surface area contributed by atoms with Crippen molar-refractivity contribution >= 4 is 40.5 Å². The molecular formula is C22H20N4O4S. The fourth-order valence-corrected chi connectivity index (χ4v) is 4.04. The van der Waals surface area contributed by atoms with E-state index in [0.717, 1.165) is 12.1 Å². The van der Waals surface area contributed by atoms with E-state index in [-0.39, 0.29) is 12.3 Å². The Balaban J connectivity index is 1.30. The lowest BCUT2D eigenvalue weighted by molar-refractivity contribution is -0.146. The van der Waals surface area contributed by atoms with E-state index in [9.17, 15) is 14.4 Å². The molecule has 1 fully saturated rings. The summed E-state index contributed by atoms with van der Waals surface area (Å²) in [5, 5.41) is 5.21. The minimum Gasteiger partial charge on any atom is -0.455 e. The van der Waals surface area contributed by atoms with Crippen molar-refractivity contribution in [2.24, 2.45) is 0 Å². The first-order valence-electron chi connectivity index (χ1n) is 9.81. The molecule has 3 aromatic rings. The molecule has 0 bridgehead atoms. The average molecular weight is 436 g/mol. The first-order chi connectivity index (χ1) is 15.1. The largest absolute Gasteiger partial charge is 0.455 e. The highest BCUT2D eigenvalue weighted by Crippen LogP contribution is 2.29. The fourth-order valence-electron chi connectivity index (χ4n) is 3.24. The third-order valence-corrected chi connectivity index (χ3v) is 5.58. The number of carbonyl (C=O) groups is 3. The van der Waals surface area contributed by atoms with Gasteiger partial charge in [0.2, 0.25) is 5.91 Å². The molecule has 0 radical (unpaired) electrons. The van der Waals surface area contributed by atoms with E-state index in [1.54, 1.807) is 34.7 Å². The SMILES string of the molecule is O=C(COC(=O)Cc1csc(-c2ccccn2)n1)Nc1ccccc1N1CCCC1=O. The molecule has 0 aliphatic carbocycles. The summed E-state index contributed by atoms with van der Waals surface area (Å²) in [6.45, 7) is 0.202. The van der Waals surface area contributed by atoms with Gasteiger partial charge < -0.3 is 15.0 Å². The highest BCUT2D eigenvalue weighted by Gasteiger charge is 2.24. The first kappa shape index (κ1) is 20.7. The van der Waals surface area contributed by atoms with Gasteiger partial charge in [-0.25, -0.2) is 4.98 Å². The third kappa shape index (κ3) is 5.13. The third-order valence-electron chi connectivity index (χ3n) is 4.67. The van der Waals surface area contributed by atoms with Gasteiger partial charge in [-0.2, -0.15) is 0 Å². The van der Waals surface area contributed by atoms with Gasteiger partial charge in [-0.15, -0.1) is 11.3 Å². The van der Waals surface area contributed by atoms with E-state index in [1.807, 2.05) is 24.3 Å². The molecule has 2 aromatic heterocycles. The van der Waals surface area contributed by atoms with Crippen molar-refractivity contribution in [1.29, 1.82) is 0 Å². The van der Waals surface area contributed by atoms with E-state index in [4.69, 9.17) is 4.74 Å². The molecule has 0 saturated carbocycles. The van der Waals surface area contributed by atoms with Gasteiger partial charge in [-0.1, -0.05) is 18.2 Å². The van der Waals surface area contributed by atoms with Crippen molar-refractivity contribution in [3.63, 3.8) is 0 Å². The van der Waals surface area contributed by atoms with Gasteiger partial charge in [0.15, 0.2) is 6.61 Å². The second-order valence-electron chi connectivity index (χ2n) is 6.91. The van der Waals surface area contributed by atoms with E-state index < -0.39 is 18.5 Å². The number of carbonyl (C=O) groups excluding carboxylic acids is 3. The van der Waals surface area contributed by atoms with Crippen molar-refractivity contribution in [3.05, 3.63) is 59.7 Å². The van der Waals surface area contributed by atoms with Gasteiger partial charge in [0.1, 0.15) is 5.01 Å². The Morgan fingerprint density at radius 1 is 1.16 bits per heavy atom. The van der Waals surface area contributed by atoms with Gasteiger partial charge in [0, 0.05) is 24.5 Å². The van der Waals surface area contributed by atoms with Crippen LogP contribution >= 0.6 is 11.3 Å². The number of esters is 1. The number of ether oxygens (including phenoxy) is 1. The van der Waals surface area contributed by atoms with Crippen molar-refractivity contribution in [2.45, 2.75) is 19.3 Å². The second kappa shape index (κ2) is 9.48. The molecular weight excluding hydrogens is 416 g/mol. The lowest BCUT2D eigenvalue weighted by atomic mass is 10.2. The number of thiazole rings is 1. The number of benzene rings is 1. The minimum absolute atomic E-state index is 0.0291. The van der Waals surface area contributed by atoms with Crippen molar-refractivity contribution in [1.82, 2.24) is 9.97 Å². The molecule has 1 N–H and O–H groups in total. The van der Waals surface area contributed by atoms with Crippen LogP contribution in [-0.4, -0.2) is 40.9 Å². The van der Waals surface area contributed by atoms with Gasteiger partial charge in [-0.05, 0) is 30.7 Å². The van der Waals surface area contributed by atoms with E-state index in [2.05, 4.69) is 15.3 Å². The lowest BCUT2D eigenvalue weighted by Crippen LogP contribution is -2.27. The lowest BCUT2D eigenvalue weighted by Gasteiger charge is -2.19. The fraction of sp³-hybridized carbons (Fsp3) is 0.227. The number of para-hydroxylation sites is 2. The van der Waals surface area contributed by atoms with E-state index in [0.29, 0.717) is 35.0 Å². The monoisotopic (exact) mass is 436 g/mol. The molecule has 1 saturated heterocycles. The Bertz CT molecular complexity index is 1100. The topological polar surface area (TPSA) is 101 Å². The quantitative estimate of drug-likeness (QED) is 0.571. The number of amides is 2. The van der Waals surface area contributed by atoms with Crippen LogP contribution in [0, 0.1) is 0 Å². The maximum absolute atomic E-state index is 12.3. The van der Waals surface area contributed by atoms with E-state index >= 15 is 0 Å². The Morgan fingerprint density at radius 3 is 2.77 bits per heavy atom. The predicted octanol–water partition coefficient (Wildman–Crippen LogP) is 3.06. The number of hydrogen-bond acceptors (Lipinski definition) is 7. The van der Waals surface area contributed by atoms with Crippen LogP contribution < -0.4 is 10.2 Å². The highest BCUT2D eigenvalue weighted by molar-refractivity contribution is 7.13. The number of hydrogen-bond donors (Lipinski definition) is 1. The molecule has 0 atom stereocenters. The van der Waals surface area contributed by atoms with Crippen molar-refractivity contribution in [3.8, 4) is 10.7 Å². The molecule has 0 spiro atoms. The zero-order valence-electron chi connectivity index (χ0n) is 16.6. The number of nitrogens with zero attached hydrogens (tertiary/aromatic N) is 3. The molecule has 9 heteroatoms. The summed E-state index contributed by atoms with van der Waals surface area (Å²) in [7, 11) is 0. The Labute approximate surface area is 182 Å². The molecule has 1 aliphatic rings. The summed E-state index contributed by atoms with van der Waals surface area (Å²) in [5.41, 5.74) is 2.46. The van der Waals surface area contributed by atoms with Gasteiger partial charge in [0.25, 0.3) is 5.91 Å². The molecule has 1 aliphatic heterocycles. The summed E-state index contributed by atoms with van der Waals surface area (Å²) in [6.07, 6.45) is 2.94. The zero-order valence-corrected chi connectivity index (χ0v) is 17.4. The summed E-state index contributed by atoms with van der Waals surface area (Å²) in [4.78, 5) is 46.7. The van der Waals surface area contributed by atoms with Crippen LogP contribution in [0.2, 0.25) is 0 Å². The number of pyridine rings is 1. The Hall–Kier alpha value is -3.59. The maximum Gasteiger partial charge on any atom is 0.312 e. The first-order valence-corrected chi connectivity index (χ1v) is 10.7. The Kier molecular flexibility index (Phi) is 6.32. The smallest absolute Gasteiger partial charge is 0.312 e. The minimum atomic E-state index is -0.545. The molecule has 31 heavy (non-hydrogen) atoms. The molecule has 4 rings (SSSR count). The summed E-state index contributed by atoms with van der Waals surface area (Å²) >= 11 is 1.39. The van der Waals surface area contributed by atoms with Crippen molar-refractivity contribution in [2.75, 3.05) is 23.4 Å². The number of nitrogens with one attached hydrogen (secondary N) is 1. The van der Waals surface area contributed by atoms with Crippen LogP contribution in [0.3, 0.4) is 0 Å². The number of aromatic nitrogens is 2. The summed E-state index contributed by atoms with van der Waals surface area (Å²) < 4.78 is 5.10. The zero-order chi connectivity index (χ0) is 21.6. The Morgan fingerprint density at radius 2 is 2.00 bits per heavy atom. The normalized spacial score (nSPS) is 13.3. The second-order valence-corrected chi connectivity index (χ2v) is 7.77. The molecule has 3 heterocycles. The summed E-state index contributed by atoms with van der Waals surface area (Å²) in [6, 6.07) is 12.6. The molecule has 2 amide bonds. The standard InChI is InChI=1S/C22H20N4O4S/c27-19(25-16-6-1-2-8-18(16)26-11-5-9-20(26)28)13-30-21(29)12-15-14-31-22(24-15)17-7-3-4-10-23-17/h1-4,6-8,10,14H,5,9,11-13H2,(H,25,27). The molecule has 8 nitrogen and oxygen atoms in total. The molecule has 0 unspecified atom stereocenters. The summed E-state index contributed by atoms with van der Waals surface area (Å²) in [5.74, 6) is -0.989. The predicted molar refractivity (Wildman–Crippen MR) is 117 cm³/mol. The van der Waals surface area contributed by atoms with Crippen LogP contribution in [0.5, 0.6) is 0 Å².